The SMILES string of the molecule is Cc1ccc2oc(C(=O)N3CCC(c4nnc(-c5cnc(C)cn5)o4)C3)cc2c1. The van der Waals surface area contributed by atoms with Crippen LogP contribution in [0.4, 0.5) is 0 Å². The molecule has 0 saturated carbocycles. The van der Waals surface area contributed by atoms with Gasteiger partial charge in [0.05, 0.1) is 17.8 Å². The predicted octanol–water partition coefficient (Wildman–Crippen LogP) is 3.52. The van der Waals surface area contributed by atoms with Crippen molar-refractivity contribution in [1.29, 1.82) is 0 Å². The fourth-order valence-electron chi connectivity index (χ4n) is 3.58. The molecule has 4 aromatic rings. The van der Waals surface area contributed by atoms with Crippen LogP contribution in [0.25, 0.3) is 22.6 Å². The van der Waals surface area contributed by atoms with E-state index in [4.69, 9.17) is 8.83 Å². The summed E-state index contributed by atoms with van der Waals surface area (Å²) in [6.07, 6.45) is 4.02. The third-order valence-electron chi connectivity index (χ3n) is 5.15. The molecule has 0 bridgehead atoms. The van der Waals surface area contributed by atoms with Crippen molar-refractivity contribution >= 4 is 16.9 Å². The second kappa shape index (κ2) is 6.80. The number of rotatable bonds is 3. The van der Waals surface area contributed by atoms with Gasteiger partial charge in [0.2, 0.25) is 5.89 Å². The van der Waals surface area contributed by atoms with Gasteiger partial charge in [-0.25, -0.2) is 4.98 Å². The van der Waals surface area contributed by atoms with E-state index in [2.05, 4.69) is 20.2 Å². The highest BCUT2D eigenvalue weighted by Gasteiger charge is 2.33. The van der Waals surface area contributed by atoms with Crippen molar-refractivity contribution in [1.82, 2.24) is 25.1 Å². The summed E-state index contributed by atoms with van der Waals surface area (Å²) in [6, 6.07) is 7.68. The summed E-state index contributed by atoms with van der Waals surface area (Å²) in [7, 11) is 0. The highest BCUT2D eigenvalue weighted by Crippen LogP contribution is 2.30. The zero-order chi connectivity index (χ0) is 20.0. The Hall–Kier alpha value is -3.55. The Balaban J connectivity index is 1.31. The number of hydrogen-bond acceptors (Lipinski definition) is 7. The fraction of sp³-hybridized carbons (Fsp3) is 0.286. The van der Waals surface area contributed by atoms with Crippen molar-refractivity contribution in [2.24, 2.45) is 0 Å². The molecular formula is C21H19N5O3. The van der Waals surface area contributed by atoms with Crippen LogP contribution in [-0.2, 0) is 0 Å². The molecule has 1 atom stereocenters. The van der Waals surface area contributed by atoms with Gasteiger partial charge in [0.1, 0.15) is 11.3 Å². The number of aromatic nitrogens is 4. The minimum Gasteiger partial charge on any atom is -0.451 e. The molecule has 29 heavy (non-hydrogen) atoms. The molecule has 1 saturated heterocycles. The second-order valence-corrected chi connectivity index (χ2v) is 7.38. The molecule has 1 unspecified atom stereocenters. The van der Waals surface area contributed by atoms with E-state index < -0.39 is 0 Å². The lowest BCUT2D eigenvalue weighted by molar-refractivity contribution is 0.0760. The first kappa shape index (κ1) is 17.5. The molecule has 0 N–H and O–H groups in total. The number of likely N-dealkylation sites (tertiary alicyclic amines) is 1. The zero-order valence-electron chi connectivity index (χ0n) is 16.1. The quantitative estimate of drug-likeness (QED) is 0.529. The maximum Gasteiger partial charge on any atom is 0.289 e. The van der Waals surface area contributed by atoms with E-state index in [0.717, 1.165) is 28.6 Å². The van der Waals surface area contributed by atoms with Gasteiger partial charge in [-0.05, 0) is 38.5 Å². The van der Waals surface area contributed by atoms with Crippen LogP contribution in [0.2, 0.25) is 0 Å². The first-order valence-electron chi connectivity index (χ1n) is 9.49. The number of benzene rings is 1. The normalized spacial score (nSPS) is 16.6. The summed E-state index contributed by atoms with van der Waals surface area (Å²) in [6.45, 7) is 5.00. The molecule has 3 aromatic heterocycles. The van der Waals surface area contributed by atoms with E-state index in [0.29, 0.717) is 36.3 Å². The van der Waals surface area contributed by atoms with Crippen molar-refractivity contribution in [3.63, 3.8) is 0 Å². The van der Waals surface area contributed by atoms with Crippen LogP contribution < -0.4 is 0 Å². The lowest BCUT2D eigenvalue weighted by Crippen LogP contribution is -2.28. The average Bonchev–Trinajstić information content (AvgIpc) is 3.46. The first-order valence-corrected chi connectivity index (χ1v) is 9.49. The molecule has 0 radical (unpaired) electrons. The van der Waals surface area contributed by atoms with Crippen LogP contribution >= 0.6 is 0 Å². The molecule has 4 heterocycles. The summed E-state index contributed by atoms with van der Waals surface area (Å²) >= 11 is 0. The predicted molar refractivity (Wildman–Crippen MR) is 104 cm³/mol. The van der Waals surface area contributed by atoms with Gasteiger partial charge < -0.3 is 13.7 Å². The van der Waals surface area contributed by atoms with Gasteiger partial charge in [-0.2, -0.15) is 0 Å². The monoisotopic (exact) mass is 389 g/mol. The Bertz CT molecular complexity index is 1190. The fourth-order valence-corrected chi connectivity index (χ4v) is 3.58. The van der Waals surface area contributed by atoms with Crippen molar-refractivity contribution < 1.29 is 13.6 Å². The largest absolute Gasteiger partial charge is 0.451 e. The van der Waals surface area contributed by atoms with Gasteiger partial charge >= 0.3 is 0 Å². The van der Waals surface area contributed by atoms with Gasteiger partial charge in [0, 0.05) is 24.7 Å². The molecule has 0 aliphatic carbocycles. The minimum atomic E-state index is -0.120. The van der Waals surface area contributed by atoms with Gasteiger partial charge in [-0.1, -0.05) is 11.6 Å². The number of furan rings is 1. The van der Waals surface area contributed by atoms with Crippen LogP contribution in [0.1, 0.15) is 40.0 Å². The van der Waals surface area contributed by atoms with Crippen LogP contribution in [0.15, 0.2) is 45.5 Å². The van der Waals surface area contributed by atoms with Crippen molar-refractivity contribution in [3.05, 3.63) is 59.6 Å². The number of carbonyl (C=O) groups excluding carboxylic acids is 1. The van der Waals surface area contributed by atoms with E-state index in [1.807, 2.05) is 32.0 Å². The first-order chi connectivity index (χ1) is 14.1. The van der Waals surface area contributed by atoms with Crippen LogP contribution in [-0.4, -0.2) is 44.1 Å². The third kappa shape index (κ3) is 3.26. The van der Waals surface area contributed by atoms with Gasteiger partial charge in [0.25, 0.3) is 11.8 Å². The maximum atomic E-state index is 12.9. The highest BCUT2D eigenvalue weighted by molar-refractivity contribution is 5.96. The number of nitrogens with zero attached hydrogens (tertiary/aromatic N) is 5. The molecular weight excluding hydrogens is 370 g/mol. The standard InChI is InChI=1S/C21H19N5O3/c1-12-3-4-17-15(7-12)8-18(28-17)21(27)26-6-5-14(11-26)19-24-25-20(29-19)16-10-22-13(2)9-23-16/h3-4,7-10,14H,5-6,11H2,1-2H3. The molecule has 146 valence electrons. The van der Waals surface area contributed by atoms with Gasteiger partial charge in [0.15, 0.2) is 5.76 Å². The van der Waals surface area contributed by atoms with Crippen molar-refractivity contribution in [2.45, 2.75) is 26.2 Å². The highest BCUT2D eigenvalue weighted by atomic mass is 16.4. The van der Waals surface area contributed by atoms with Crippen LogP contribution in [0.3, 0.4) is 0 Å². The van der Waals surface area contributed by atoms with Gasteiger partial charge in [-0.15, -0.1) is 10.2 Å². The molecule has 1 fully saturated rings. The van der Waals surface area contributed by atoms with E-state index >= 15 is 0 Å². The van der Waals surface area contributed by atoms with E-state index in [1.165, 1.54) is 0 Å². The van der Waals surface area contributed by atoms with E-state index in [9.17, 15) is 4.79 Å². The molecule has 1 aliphatic heterocycles. The van der Waals surface area contributed by atoms with Crippen LogP contribution in [0.5, 0.6) is 0 Å². The molecule has 5 rings (SSSR count). The summed E-state index contributed by atoms with van der Waals surface area (Å²) in [5, 5.41) is 9.18. The lowest BCUT2D eigenvalue weighted by atomic mass is 10.1. The topological polar surface area (TPSA) is 98.2 Å². The Morgan fingerprint density at radius 2 is 2.00 bits per heavy atom. The lowest BCUT2D eigenvalue weighted by Gasteiger charge is -2.13. The Kier molecular flexibility index (Phi) is 4.12. The summed E-state index contributed by atoms with van der Waals surface area (Å²) in [4.78, 5) is 23.1. The molecule has 1 aromatic carbocycles. The molecule has 1 amide bonds. The minimum absolute atomic E-state index is 0.00905. The number of fused-ring (bicyclic) bond motifs is 1. The smallest absolute Gasteiger partial charge is 0.289 e. The maximum absolute atomic E-state index is 12.9. The van der Waals surface area contributed by atoms with Gasteiger partial charge in [-0.3, -0.25) is 9.78 Å². The Morgan fingerprint density at radius 3 is 2.83 bits per heavy atom. The third-order valence-corrected chi connectivity index (χ3v) is 5.15. The Labute approximate surface area is 166 Å². The summed E-state index contributed by atoms with van der Waals surface area (Å²) in [5.74, 6) is 1.07. The molecule has 1 aliphatic rings. The van der Waals surface area contributed by atoms with Crippen LogP contribution in [0, 0.1) is 13.8 Å². The number of hydrogen-bond donors (Lipinski definition) is 0. The summed E-state index contributed by atoms with van der Waals surface area (Å²) < 4.78 is 11.6. The zero-order valence-corrected chi connectivity index (χ0v) is 16.1. The molecule has 8 nitrogen and oxygen atoms in total. The number of aryl methyl sites for hydroxylation is 2. The van der Waals surface area contributed by atoms with Crippen molar-refractivity contribution in [2.75, 3.05) is 13.1 Å². The molecule has 0 spiro atoms. The molecule has 8 heteroatoms. The second-order valence-electron chi connectivity index (χ2n) is 7.38. The van der Waals surface area contributed by atoms with Crippen molar-refractivity contribution in [3.8, 4) is 11.6 Å². The average molecular weight is 389 g/mol. The summed E-state index contributed by atoms with van der Waals surface area (Å²) in [5.41, 5.74) is 3.21. The number of amides is 1. The number of carbonyl (C=O) groups is 1. The van der Waals surface area contributed by atoms with E-state index in [-0.39, 0.29) is 11.8 Å². The Morgan fingerprint density at radius 1 is 1.10 bits per heavy atom. The van der Waals surface area contributed by atoms with E-state index in [1.54, 1.807) is 23.4 Å².